The molecule has 1 heterocycles. The maximum absolute atomic E-state index is 12.5. The molecular formula is C14H22N2O2. The number of carbonyl (C=O) groups is 2. The molecule has 2 amide bonds. The summed E-state index contributed by atoms with van der Waals surface area (Å²) in [6, 6.07) is -0.416. The fourth-order valence-corrected chi connectivity index (χ4v) is 2.98. The van der Waals surface area contributed by atoms with Crippen LogP contribution in [0.1, 0.15) is 39.5 Å². The minimum atomic E-state index is -0.230. The van der Waals surface area contributed by atoms with Crippen LogP contribution in [0, 0.1) is 17.8 Å². The van der Waals surface area contributed by atoms with Crippen molar-refractivity contribution >= 4 is 11.8 Å². The number of hydrogen-bond donors (Lipinski definition) is 1. The van der Waals surface area contributed by atoms with Crippen molar-refractivity contribution < 1.29 is 9.59 Å². The molecule has 100 valence electrons. The zero-order chi connectivity index (χ0) is 12.9. The number of carbonyl (C=O) groups excluding carboxylic acids is 2. The molecule has 4 nitrogen and oxygen atoms in total. The molecule has 3 rings (SSSR count). The topological polar surface area (TPSA) is 49.4 Å². The lowest BCUT2D eigenvalue weighted by Crippen LogP contribution is -2.65. The van der Waals surface area contributed by atoms with Crippen molar-refractivity contribution in [2.45, 2.75) is 51.6 Å². The Kier molecular flexibility index (Phi) is 2.83. The van der Waals surface area contributed by atoms with Gasteiger partial charge >= 0.3 is 0 Å². The quantitative estimate of drug-likeness (QED) is 0.814. The summed E-state index contributed by atoms with van der Waals surface area (Å²) < 4.78 is 0. The highest BCUT2D eigenvalue weighted by atomic mass is 16.2. The van der Waals surface area contributed by atoms with Gasteiger partial charge in [-0.25, -0.2) is 0 Å². The highest BCUT2D eigenvalue weighted by Gasteiger charge is 2.51. The van der Waals surface area contributed by atoms with Gasteiger partial charge in [0.25, 0.3) is 0 Å². The largest absolute Gasteiger partial charge is 0.342 e. The Balaban J connectivity index is 1.81. The predicted molar refractivity (Wildman–Crippen MR) is 67.7 cm³/mol. The van der Waals surface area contributed by atoms with Gasteiger partial charge in [-0.05, 0) is 43.4 Å². The van der Waals surface area contributed by atoms with E-state index < -0.39 is 0 Å². The molecular weight excluding hydrogens is 228 g/mol. The third kappa shape index (κ3) is 2.13. The van der Waals surface area contributed by atoms with Gasteiger partial charge in [0.1, 0.15) is 12.1 Å². The molecule has 2 atom stereocenters. The van der Waals surface area contributed by atoms with Gasteiger partial charge in [-0.3, -0.25) is 9.59 Å². The first-order chi connectivity index (χ1) is 8.58. The molecule has 18 heavy (non-hydrogen) atoms. The van der Waals surface area contributed by atoms with E-state index in [1.165, 1.54) is 0 Å². The second-order valence-corrected chi connectivity index (χ2v) is 6.49. The lowest BCUT2D eigenvalue weighted by atomic mass is 9.99. The van der Waals surface area contributed by atoms with E-state index in [0.29, 0.717) is 17.8 Å². The standard InChI is InChI=1S/C14H22N2O2/c1-8(2)7-16-12(10-5-6-10)13(17)15-11(14(16)18)9-3-4-9/h8-12H,3-7H2,1-2H3,(H,15,17). The molecule has 0 radical (unpaired) electrons. The van der Waals surface area contributed by atoms with Crippen LogP contribution in [-0.4, -0.2) is 35.3 Å². The minimum absolute atomic E-state index is 0.0923. The minimum Gasteiger partial charge on any atom is -0.342 e. The zero-order valence-electron chi connectivity index (χ0n) is 11.2. The predicted octanol–water partition coefficient (Wildman–Crippen LogP) is 1.16. The van der Waals surface area contributed by atoms with Gasteiger partial charge < -0.3 is 10.2 Å². The summed E-state index contributed by atoms with van der Waals surface area (Å²) in [7, 11) is 0. The summed E-state index contributed by atoms with van der Waals surface area (Å²) in [6.07, 6.45) is 4.35. The van der Waals surface area contributed by atoms with Crippen LogP contribution < -0.4 is 5.32 Å². The Bertz CT molecular complexity index is 372. The Morgan fingerprint density at radius 3 is 2.28 bits per heavy atom. The maximum Gasteiger partial charge on any atom is 0.246 e. The molecule has 1 saturated heterocycles. The van der Waals surface area contributed by atoms with Crippen molar-refractivity contribution in [3.05, 3.63) is 0 Å². The van der Waals surface area contributed by atoms with Crippen molar-refractivity contribution in [1.82, 2.24) is 10.2 Å². The monoisotopic (exact) mass is 250 g/mol. The summed E-state index contributed by atoms with van der Waals surface area (Å²) in [4.78, 5) is 26.7. The summed E-state index contributed by atoms with van der Waals surface area (Å²) in [5, 5.41) is 2.97. The normalized spacial score (nSPS) is 32.9. The summed E-state index contributed by atoms with van der Waals surface area (Å²) in [6.45, 7) is 4.93. The molecule has 0 aromatic heterocycles. The van der Waals surface area contributed by atoms with Crippen molar-refractivity contribution in [2.75, 3.05) is 6.54 Å². The molecule has 3 fully saturated rings. The number of rotatable bonds is 4. The smallest absolute Gasteiger partial charge is 0.246 e. The highest BCUT2D eigenvalue weighted by molar-refractivity contribution is 5.97. The van der Waals surface area contributed by atoms with Crippen LogP contribution in [0.4, 0.5) is 0 Å². The molecule has 0 bridgehead atoms. The van der Waals surface area contributed by atoms with E-state index in [-0.39, 0.29) is 23.9 Å². The molecule has 0 spiro atoms. The van der Waals surface area contributed by atoms with Crippen LogP contribution in [0.25, 0.3) is 0 Å². The fraction of sp³-hybridized carbons (Fsp3) is 0.857. The van der Waals surface area contributed by atoms with Crippen LogP contribution in [0.3, 0.4) is 0 Å². The average molecular weight is 250 g/mol. The number of nitrogens with zero attached hydrogens (tertiary/aromatic N) is 1. The summed E-state index contributed by atoms with van der Waals surface area (Å²) in [5.41, 5.74) is 0. The van der Waals surface area contributed by atoms with Gasteiger partial charge in [0.2, 0.25) is 11.8 Å². The Morgan fingerprint density at radius 1 is 1.17 bits per heavy atom. The molecule has 2 aliphatic carbocycles. The summed E-state index contributed by atoms with van der Waals surface area (Å²) in [5.74, 6) is 1.49. The molecule has 2 saturated carbocycles. The Hall–Kier alpha value is -1.06. The first kappa shape index (κ1) is 12.0. The second kappa shape index (κ2) is 4.25. The first-order valence-corrected chi connectivity index (χ1v) is 7.18. The van der Waals surface area contributed by atoms with Crippen molar-refractivity contribution in [3.63, 3.8) is 0 Å². The molecule has 4 heteroatoms. The van der Waals surface area contributed by atoms with Crippen molar-refractivity contribution in [1.29, 1.82) is 0 Å². The van der Waals surface area contributed by atoms with Crippen LogP contribution in [0.2, 0.25) is 0 Å². The average Bonchev–Trinajstić information content (AvgIpc) is 3.13. The van der Waals surface area contributed by atoms with Crippen molar-refractivity contribution in [2.24, 2.45) is 17.8 Å². The van der Waals surface area contributed by atoms with Crippen molar-refractivity contribution in [3.8, 4) is 0 Å². The second-order valence-electron chi connectivity index (χ2n) is 6.49. The summed E-state index contributed by atoms with van der Waals surface area (Å²) >= 11 is 0. The van der Waals surface area contributed by atoms with Gasteiger partial charge in [0.05, 0.1) is 0 Å². The van der Waals surface area contributed by atoms with Gasteiger partial charge in [0, 0.05) is 6.54 Å². The molecule has 0 aromatic carbocycles. The highest BCUT2D eigenvalue weighted by Crippen LogP contribution is 2.40. The SMILES string of the molecule is CC(C)CN1C(=O)C(C2CC2)NC(=O)C1C1CC1. The van der Waals surface area contributed by atoms with Gasteiger partial charge in [-0.15, -0.1) is 0 Å². The molecule has 1 aliphatic heterocycles. The van der Waals surface area contributed by atoms with E-state index in [0.717, 1.165) is 32.2 Å². The third-order valence-electron chi connectivity index (χ3n) is 4.18. The third-order valence-corrected chi connectivity index (χ3v) is 4.18. The number of nitrogens with one attached hydrogen (secondary N) is 1. The number of amides is 2. The van der Waals surface area contributed by atoms with Crippen LogP contribution in [-0.2, 0) is 9.59 Å². The fourth-order valence-electron chi connectivity index (χ4n) is 2.98. The molecule has 1 N–H and O–H groups in total. The lowest BCUT2D eigenvalue weighted by Gasteiger charge is -2.40. The van der Waals surface area contributed by atoms with E-state index in [4.69, 9.17) is 0 Å². The molecule has 3 aliphatic rings. The van der Waals surface area contributed by atoms with E-state index in [2.05, 4.69) is 19.2 Å². The Morgan fingerprint density at radius 2 is 1.78 bits per heavy atom. The number of hydrogen-bond acceptors (Lipinski definition) is 2. The molecule has 2 unspecified atom stereocenters. The van der Waals surface area contributed by atoms with Gasteiger partial charge in [0.15, 0.2) is 0 Å². The zero-order valence-corrected chi connectivity index (χ0v) is 11.2. The Labute approximate surface area is 108 Å². The van der Waals surface area contributed by atoms with Crippen LogP contribution in [0.15, 0.2) is 0 Å². The van der Waals surface area contributed by atoms with E-state index in [9.17, 15) is 9.59 Å². The van der Waals surface area contributed by atoms with E-state index in [1.807, 2.05) is 4.90 Å². The number of piperazine rings is 1. The van der Waals surface area contributed by atoms with E-state index in [1.54, 1.807) is 0 Å². The maximum atomic E-state index is 12.5. The van der Waals surface area contributed by atoms with Crippen LogP contribution >= 0.6 is 0 Å². The van der Waals surface area contributed by atoms with Gasteiger partial charge in [-0.1, -0.05) is 13.8 Å². The first-order valence-electron chi connectivity index (χ1n) is 7.18. The lowest BCUT2D eigenvalue weighted by molar-refractivity contribution is -0.151. The van der Waals surface area contributed by atoms with Gasteiger partial charge in [-0.2, -0.15) is 0 Å². The molecule has 0 aromatic rings. The van der Waals surface area contributed by atoms with Crippen LogP contribution in [0.5, 0.6) is 0 Å². The van der Waals surface area contributed by atoms with E-state index >= 15 is 0 Å².